The van der Waals surface area contributed by atoms with Crippen LogP contribution in [0.1, 0.15) is 46.5 Å². The number of ether oxygens (including phenoxy) is 3. The summed E-state index contributed by atoms with van der Waals surface area (Å²) in [6, 6.07) is 0. The van der Waals surface area contributed by atoms with Gasteiger partial charge in [0.2, 0.25) is 0 Å². The van der Waals surface area contributed by atoms with Crippen molar-refractivity contribution in [2.45, 2.75) is 58.7 Å². The van der Waals surface area contributed by atoms with Gasteiger partial charge in [0.15, 0.2) is 0 Å². The van der Waals surface area contributed by atoms with Crippen LogP contribution in [0.2, 0.25) is 0 Å². The maximum atomic E-state index is 9.71. The zero-order valence-corrected chi connectivity index (χ0v) is 14.1. The van der Waals surface area contributed by atoms with Crippen LogP contribution in [0.3, 0.4) is 0 Å². The average molecular weight is 305 g/mol. The summed E-state index contributed by atoms with van der Waals surface area (Å²) in [5, 5.41) is 12.9. The molecule has 0 aromatic rings. The summed E-state index contributed by atoms with van der Waals surface area (Å²) in [6.07, 6.45) is 4.21. The van der Waals surface area contributed by atoms with E-state index >= 15 is 0 Å². The van der Waals surface area contributed by atoms with E-state index in [4.69, 9.17) is 14.2 Å². The molecule has 2 N–H and O–H groups in total. The average Bonchev–Trinajstić information content (AvgIpc) is 2.45. The van der Waals surface area contributed by atoms with E-state index in [1.54, 1.807) is 0 Å². The van der Waals surface area contributed by atoms with Crippen molar-refractivity contribution in [2.24, 2.45) is 0 Å². The maximum absolute atomic E-state index is 9.71. The highest BCUT2D eigenvalue weighted by molar-refractivity contribution is 4.58. The van der Waals surface area contributed by atoms with E-state index in [9.17, 15) is 5.11 Å². The molecule has 0 aliphatic rings. The fourth-order valence-electron chi connectivity index (χ4n) is 1.68. The molecule has 0 fully saturated rings. The predicted octanol–water partition coefficient (Wildman–Crippen LogP) is 1.98. The van der Waals surface area contributed by atoms with Crippen LogP contribution in [0.25, 0.3) is 0 Å². The highest BCUT2D eigenvalue weighted by atomic mass is 16.5. The lowest BCUT2D eigenvalue weighted by molar-refractivity contribution is 0.00391. The third kappa shape index (κ3) is 17.7. The van der Waals surface area contributed by atoms with Gasteiger partial charge in [0, 0.05) is 19.8 Å². The first-order valence-corrected chi connectivity index (χ1v) is 8.32. The summed E-state index contributed by atoms with van der Waals surface area (Å²) >= 11 is 0. The maximum Gasteiger partial charge on any atom is 0.0897 e. The van der Waals surface area contributed by atoms with Gasteiger partial charge in [-0.25, -0.2) is 0 Å². The van der Waals surface area contributed by atoms with Crippen molar-refractivity contribution in [2.75, 3.05) is 46.1 Å². The first kappa shape index (κ1) is 20.8. The van der Waals surface area contributed by atoms with Gasteiger partial charge in [-0.3, -0.25) is 0 Å². The SMILES string of the molecule is CCCCOCCOCC(O)CNCCCCOC(C)C. The van der Waals surface area contributed by atoms with Crippen molar-refractivity contribution in [3.8, 4) is 0 Å². The van der Waals surface area contributed by atoms with Gasteiger partial charge >= 0.3 is 0 Å². The summed E-state index contributed by atoms with van der Waals surface area (Å²) in [5.41, 5.74) is 0. The van der Waals surface area contributed by atoms with Crippen LogP contribution >= 0.6 is 0 Å². The van der Waals surface area contributed by atoms with Crippen LogP contribution in [-0.4, -0.2) is 63.4 Å². The minimum Gasteiger partial charge on any atom is -0.389 e. The van der Waals surface area contributed by atoms with E-state index in [1.807, 2.05) is 13.8 Å². The van der Waals surface area contributed by atoms with Crippen molar-refractivity contribution in [3.05, 3.63) is 0 Å². The topological polar surface area (TPSA) is 60.0 Å². The lowest BCUT2D eigenvalue weighted by Crippen LogP contribution is -2.31. The van der Waals surface area contributed by atoms with Gasteiger partial charge in [-0.2, -0.15) is 0 Å². The summed E-state index contributed by atoms with van der Waals surface area (Å²) in [7, 11) is 0. The van der Waals surface area contributed by atoms with Crippen LogP contribution in [0, 0.1) is 0 Å². The number of hydrogen-bond donors (Lipinski definition) is 2. The largest absolute Gasteiger partial charge is 0.389 e. The Hall–Kier alpha value is -0.200. The molecule has 0 saturated carbocycles. The molecule has 0 aliphatic carbocycles. The first-order chi connectivity index (χ1) is 10.2. The van der Waals surface area contributed by atoms with Gasteiger partial charge < -0.3 is 24.6 Å². The molecule has 0 bridgehead atoms. The van der Waals surface area contributed by atoms with E-state index in [0.29, 0.717) is 32.5 Å². The zero-order valence-electron chi connectivity index (χ0n) is 14.1. The third-order valence-electron chi connectivity index (χ3n) is 2.90. The zero-order chi connectivity index (χ0) is 15.8. The molecule has 1 atom stereocenters. The van der Waals surface area contributed by atoms with E-state index in [1.165, 1.54) is 0 Å². The normalized spacial score (nSPS) is 13.0. The van der Waals surface area contributed by atoms with E-state index in [0.717, 1.165) is 45.4 Å². The number of nitrogens with one attached hydrogen (secondary N) is 1. The highest BCUT2D eigenvalue weighted by Gasteiger charge is 2.03. The third-order valence-corrected chi connectivity index (χ3v) is 2.90. The molecule has 0 amide bonds. The molecule has 0 saturated heterocycles. The van der Waals surface area contributed by atoms with Crippen molar-refractivity contribution in [1.82, 2.24) is 5.32 Å². The van der Waals surface area contributed by atoms with E-state index in [-0.39, 0.29) is 0 Å². The van der Waals surface area contributed by atoms with Crippen molar-refractivity contribution < 1.29 is 19.3 Å². The Bertz CT molecular complexity index is 203. The molecule has 0 aliphatic heterocycles. The van der Waals surface area contributed by atoms with Crippen LogP contribution in [0.5, 0.6) is 0 Å². The lowest BCUT2D eigenvalue weighted by Gasteiger charge is -2.13. The molecule has 5 nitrogen and oxygen atoms in total. The predicted molar refractivity (Wildman–Crippen MR) is 85.7 cm³/mol. The molecule has 0 radical (unpaired) electrons. The van der Waals surface area contributed by atoms with Gasteiger partial charge in [0.1, 0.15) is 0 Å². The van der Waals surface area contributed by atoms with E-state index < -0.39 is 6.10 Å². The molecule has 0 aromatic carbocycles. The van der Waals surface area contributed by atoms with Crippen LogP contribution in [-0.2, 0) is 14.2 Å². The fourth-order valence-corrected chi connectivity index (χ4v) is 1.68. The molecule has 21 heavy (non-hydrogen) atoms. The van der Waals surface area contributed by atoms with Gasteiger partial charge in [-0.15, -0.1) is 0 Å². The summed E-state index contributed by atoms with van der Waals surface area (Å²) in [5.74, 6) is 0. The van der Waals surface area contributed by atoms with Crippen molar-refractivity contribution >= 4 is 0 Å². The number of rotatable bonds is 16. The van der Waals surface area contributed by atoms with Gasteiger partial charge in [0.25, 0.3) is 0 Å². The first-order valence-electron chi connectivity index (χ1n) is 8.32. The lowest BCUT2D eigenvalue weighted by atomic mass is 10.3. The highest BCUT2D eigenvalue weighted by Crippen LogP contribution is 1.94. The second-order valence-corrected chi connectivity index (χ2v) is 5.53. The van der Waals surface area contributed by atoms with Crippen LogP contribution < -0.4 is 5.32 Å². The number of unbranched alkanes of at least 4 members (excludes halogenated alkanes) is 2. The molecule has 0 rings (SSSR count). The Morgan fingerprint density at radius 1 is 0.952 bits per heavy atom. The minimum atomic E-state index is -0.451. The quantitative estimate of drug-likeness (QED) is 0.427. The van der Waals surface area contributed by atoms with Gasteiger partial charge in [0.05, 0.1) is 32.0 Å². The summed E-state index contributed by atoms with van der Waals surface area (Å²) in [4.78, 5) is 0. The Kier molecular flexibility index (Phi) is 16.0. The Morgan fingerprint density at radius 2 is 1.71 bits per heavy atom. The summed E-state index contributed by atoms with van der Waals surface area (Å²) in [6.45, 7) is 10.8. The smallest absolute Gasteiger partial charge is 0.0897 e. The number of hydrogen-bond acceptors (Lipinski definition) is 5. The molecular formula is C16H35NO4. The molecule has 5 heteroatoms. The molecule has 1 unspecified atom stereocenters. The Morgan fingerprint density at radius 3 is 2.43 bits per heavy atom. The monoisotopic (exact) mass is 305 g/mol. The Balaban J connectivity index is 3.14. The molecule has 128 valence electrons. The Labute approximate surface area is 130 Å². The van der Waals surface area contributed by atoms with Gasteiger partial charge in [-0.1, -0.05) is 13.3 Å². The fraction of sp³-hybridized carbons (Fsp3) is 1.00. The van der Waals surface area contributed by atoms with Crippen LogP contribution in [0.4, 0.5) is 0 Å². The summed E-state index contributed by atoms with van der Waals surface area (Å²) < 4.78 is 16.2. The number of aliphatic hydroxyl groups excluding tert-OH is 1. The molecule has 0 heterocycles. The molecule has 0 spiro atoms. The number of aliphatic hydroxyl groups is 1. The van der Waals surface area contributed by atoms with Crippen molar-refractivity contribution in [1.29, 1.82) is 0 Å². The second kappa shape index (κ2) is 16.2. The van der Waals surface area contributed by atoms with Crippen molar-refractivity contribution in [3.63, 3.8) is 0 Å². The molecule has 0 aromatic heterocycles. The standard InChI is InChI=1S/C16H35NO4/c1-4-5-9-19-11-12-20-14-16(18)13-17-8-6-7-10-21-15(2)3/h15-18H,4-14H2,1-3H3. The minimum absolute atomic E-state index is 0.308. The molecular weight excluding hydrogens is 270 g/mol. The van der Waals surface area contributed by atoms with E-state index in [2.05, 4.69) is 12.2 Å². The van der Waals surface area contributed by atoms with Gasteiger partial charge in [-0.05, 0) is 39.7 Å². The second-order valence-electron chi connectivity index (χ2n) is 5.53. The van der Waals surface area contributed by atoms with Crippen LogP contribution in [0.15, 0.2) is 0 Å².